The zero-order chi connectivity index (χ0) is 18.0. The zero-order valence-corrected chi connectivity index (χ0v) is 15.6. The van der Waals surface area contributed by atoms with Gasteiger partial charge in [-0.05, 0) is 47.6 Å². The van der Waals surface area contributed by atoms with E-state index in [-0.39, 0.29) is 11.8 Å². The summed E-state index contributed by atoms with van der Waals surface area (Å²) in [4.78, 5) is 25.9. The zero-order valence-electron chi connectivity index (χ0n) is 14.8. The van der Waals surface area contributed by atoms with Crippen LogP contribution in [0.4, 0.5) is 0 Å². The SMILES string of the molecule is CC(C)C1(C(=O)O)CCN(C(=O)CCCc2csc3ccccc23)C1. The summed E-state index contributed by atoms with van der Waals surface area (Å²) in [5, 5.41) is 13.1. The van der Waals surface area contributed by atoms with E-state index in [4.69, 9.17) is 0 Å². The van der Waals surface area contributed by atoms with Gasteiger partial charge in [0.2, 0.25) is 5.91 Å². The van der Waals surface area contributed by atoms with Gasteiger partial charge < -0.3 is 10.0 Å². The summed E-state index contributed by atoms with van der Waals surface area (Å²) in [7, 11) is 0. The van der Waals surface area contributed by atoms with E-state index in [2.05, 4.69) is 17.5 Å². The van der Waals surface area contributed by atoms with Gasteiger partial charge in [0, 0.05) is 24.2 Å². The van der Waals surface area contributed by atoms with Crippen molar-refractivity contribution in [1.29, 1.82) is 0 Å². The van der Waals surface area contributed by atoms with Crippen LogP contribution in [0, 0.1) is 11.3 Å². The minimum Gasteiger partial charge on any atom is -0.481 e. The molecule has 0 aliphatic carbocycles. The van der Waals surface area contributed by atoms with Crippen molar-refractivity contribution in [3.05, 3.63) is 35.2 Å². The van der Waals surface area contributed by atoms with Crippen LogP contribution in [0.5, 0.6) is 0 Å². The highest BCUT2D eigenvalue weighted by Gasteiger charge is 2.48. The number of hydrogen-bond acceptors (Lipinski definition) is 3. The van der Waals surface area contributed by atoms with Gasteiger partial charge in [-0.1, -0.05) is 32.0 Å². The van der Waals surface area contributed by atoms with Crippen LogP contribution in [0.1, 0.15) is 38.7 Å². The van der Waals surface area contributed by atoms with Crippen molar-refractivity contribution in [2.75, 3.05) is 13.1 Å². The third kappa shape index (κ3) is 3.43. The number of aliphatic carboxylic acids is 1. The summed E-state index contributed by atoms with van der Waals surface area (Å²) in [6, 6.07) is 8.35. The van der Waals surface area contributed by atoms with Crippen molar-refractivity contribution in [3.63, 3.8) is 0 Å². The molecule has 1 N–H and O–H groups in total. The Bertz CT molecular complexity index is 782. The van der Waals surface area contributed by atoms with E-state index in [0.29, 0.717) is 25.9 Å². The van der Waals surface area contributed by atoms with Crippen LogP contribution in [0.2, 0.25) is 0 Å². The molecule has 0 saturated carbocycles. The second-order valence-electron chi connectivity index (χ2n) is 7.29. The molecule has 1 aromatic heterocycles. The van der Waals surface area contributed by atoms with Gasteiger partial charge in [0.1, 0.15) is 0 Å². The first-order valence-electron chi connectivity index (χ1n) is 8.90. The predicted octanol–water partition coefficient (Wildman–Crippen LogP) is 4.18. The predicted molar refractivity (Wildman–Crippen MR) is 101 cm³/mol. The van der Waals surface area contributed by atoms with Gasteiger partial charge in [0.25, 0.3) is 0 Å². The average Bonchev–Trinajstić information content (AvgIpc) is 3.20. The lowest BCUT2D eigenvalue weighted by Gasteiger charge is -2.28. The first-order valence-corrected chi connectivity index (χ1v) is 9.78. The molecule has 1 unspecified atom stereocenters. The second-order valence-corrected chi connectivity index (χ2v) is 8.20. The standard InChI is InChI=1S/C20H25NO3S/c1-14(2)20(19(23)24)10-11-21(13-20)18(22)9-5-6-15-12-25-17-8-4-3-7-16(15)17/h3-4,7-8,12,14H,5-6,9-11,13H2,1-2H3,(H,23,24). The third-order valence-electron chi connectivity index (χ3n) is 5.58. The van der Waals surface area contributed by atoms with Crippen LogP contribution >= 0.6 is 11.3 Å². The number of carboxylic acids is 1. The minimum atomic E-state index is -0.779. The first-order chi connectivity index (χ1) is 11.9. The van der Waals surface area contributed by atoms with Gasteiger partial charge in [-0.25, -0.2) is 0 Å². The van der Waals surface area contributed by atoms with Crippen molar-refractivity contribution < 1.29 is 14.7 Å². The Labute approximate surface area is 152 Å². The summed E-state index contributed by atoms with van der Waals surface area (Å²) in [5.41, 5.74) is 0.524. The summed E-state index contributed by atoms with van der Waals surface area (Å²) in [6.45, 7) is 4.78. The first kappa shape index (κ1) is 17.9. The molecule has 1 atom stereocenters. The van der Waals surface area contributed by atoms with Crippen LogP contribution in [0.3, 0.4) is 0 Å². The fourth-order valence-corrected chi connectivity index (χ4v) is 4.75. The van der Waals surface area contributed by atoms with Crippen molar-refractivity contribution in [2.24, 2.45) is 11.3 Å². The number of aryl methyl sites for hydroxylation is 1. The second kappa shape index (κ2) is 7.16. The van der Waals surface area contributed by atoms with Crippen LogP contribution < -0.4 is 0 Å². The molecule has 1 saturated heterocycles. The molecule has 1 aliphatic rings. The molecule has 2 heterocycles. The van der Waals surface area contributed by atoms with Gasteiger partial charge >= 0.3 is 5.97 Å². The Balaban J connectivity index is 1.56. The summed E-state index contributed by atoms with van der Waals surface area (Å²) in [6.07, 6.45) is 2.73. The number of carbonyl (C=O) groups is 2. The number of carbonyl (C=O) groups excluding carboxylic acids is 1. The third-order valence-corrected chi connectivity index (χ3v) is 6.59. The number of amides is 1. The van der Waals surface area contributed by atoms with Crippen LogP contribution in [0.15, 0.2) is 29.6 Å². The summed E-state index contributed by atoms with van der Waals surface area (Å²) in [5.74, 6) is -0.661. The molecular formula is C20H25NO3S. The lowest BCUT2D eigenvalue weighted by atomic mass is 9.76. The van der Waals surface area contributed by atoms with E-state index in [9.17, 15) is 14.7 Å². The van der Waals surface area contributed by atoms with E-state index in [0.717, 1.165) is 12.8 Å². The summed E-state index contributed by atoms with van der Waals surface area (Å²) < 4.78 is 1.28. The van der Waals surface area contributed by atoms with E-state index in [1.807, 2.05) is 26.0 Å². The molecule has 25 heavy (non-hydrogen) atoms. The number of hydrogen-bond donors (Lipinski definition) is 1. The van der Waals surface area contributed by atoms with Crippen LogP contribution in [-0.4, -0.2) is 35.0 Å². The van der Waals surface area contributed by atoms with Crippen molar-refractivity contribution in [3.8, 4) is 0 Å². The number of thiophene rings is 1. The topological polar surface area (TPSA) is 57.6 Å². The molecule has 4 nitrogen and oxygen atoms in total. The largest absolute Gasteiger partial charge is 0.481 e. The maximum absolute atomic E-state index is 12.5. The van der Waals surface area contributed by atoms with Gasteiger partial charge in [-0.2, -0.15) is 0 Å². The lowest BCUT2D eigenvalue weighted by Crippen LogP contribution is -2.40. The maximum atomic E-state index is 12.5. The molecule has 3 rings (SSSR count). The molecular weight excluding hydrogens is 334 g/mol. The van der Waals surface area contributed by atoms with Crippen molar-refractivity contribution in [2.45, 2.75) is 39.5 Å². The van der Waals surface area contributed by atoms with Crippen molar-refractivity contribution in [1.82, 2.24) is 4.90 Å². The van der Waals surface area contributed by atoms with Gasteiger partial charge in [0.15, 0.2) is 0 Å². The van der Waals surface area contributed by atoms with Crippen molar-refractivity contribution >= 4 is 33.3 Å². The fourth-order valence-electron chi connectivity index (χ4n) is 3.75. The molecule has 1 amide bonds. The van der Waals surface area contributed by atoms with Gasteiger partial charge in [-0.3, -0.25) is 9.59 Å². The molecule has 5 heteroatoms. The molecule has 0 radical (unpaired) electrons. The number of nitrogens with zero attached hydrogens (tertiary/aromatic N) is 1. The number of likely N-dealkylation sites (tertiary alicyclic amines) is 1. The summed E-state index contributed by atoms with van der Waals surface area (Å²) >= 11 is 1.74. The molecule has 1 aromatic carbocycles. The average molecular weight is 359 g/mol. The lowest BCUT2D eigenvalue weighted by molar-refractivity contribution is -0.151. The van der Waals surface area contributed by atoms with Gasteiger partial charge in [0.05, 0.1) is 5.41 Å². The minimum absolute atomic E-state index is 0.0278. The Morgan fingerprint density at radius 1 is 1.32 bits per heavy atom. The molecule has 1 aliphatic heterocycles. The van der Waals surface area contributed by atoms with E-state index in [1.165, 1.54) is 15.6 Å². The Hall–Kier alpha value is -1.88. The highest BCUT2D eigenvalue weighted by molar-refractivity contribution is 7.17. The van der Waals surface area contributed by atoms with Crippen LogP contribution in [-0.2, 0) is 16.0 Å². The number of rotatable bonds is 6. The molecule has 0 spiro atoms. The molecule has 1 fully saturated rings. The Morgan fingerprint density at radius 3 is 2.76 bits per heavy atom. The highest BCUT2D eigenvalue weighted by atomic mass is 32.1. The van der Waals surface area contributed by atoms with E-state index < -0.39 is 11.4 Å². The fraction of sp³-hybridized carbons (Fsp3) is 0.500. The monoisotopic (exact) mass is 359 g/mol. The van der Waals surface area contributed by atoms with Crippen LogP contribution in [0.25, 0.3) is 10.1 Å². The van der Waals surface area contributed by atoms with Gasteiger partial charge in [-0.15, -0.1) is 11.3 Å². The molecule has 134 valence electrons. The molecule has 2 aromatic rings. The highest BCUT2D eigenvalue weighted by Crippen LogP contribution is 2.38. The number of carboxylic acid groups (broad SMARTS) is 1. The Morgan fingerprint density at radius 2 is 2.08 bits per heavy atom. The van der Waals surface area contributed by atoms with E-state index in [1.54, 1.807) is 16.2 Å². The normalized spacial score (nSPS) is 20.5. The number of fused-ring (bicyclic) bond motifs is 1. The smallest absolute Gasteiger partial charge is 0.311 e. The maximum Gasteiger partial charge on any atom is 0.311 e. The quantitative estimate of drug-likeness (QED) is 0.841. The van der Waals surface area contributed by atoms with E-state index >= 15 is 0 Å². The Kier molecular flexibility index (Phi) is 5.13. The number of benzene rings is 1. The molecule has 0 bridgehead atoms.